The second-order valence-electron chi connectivity index (χ2n) is 3.86. The number of nitrogens with zero attached hydrogens (tertiary/aromatic N) is 1. The summed E-state index contributed by atoms with van der Waals surface area (Å²) in [6, 6.07) is 6.09. The van der Waals surface area contributed by atoms with E-state index in [0.717, 1.165) is 0 Å². The lowest BCUT2D eigenvalue weighted by Gasteiger charge is -2.04. The maximum Gasteiger partial charge on any atom is 0.513 e. The molecule has 0 amide bonds. The molecule has 0 atom stereocenters. The summed E-state index contributed by atoms with van der Waals surface area (Å²) in [7, 11) is 0. The van der Waals surface area contributed by atoms with Crippen LogP contribution in [0.15, 0.2) is 24.3 Å². The van der Waals surface area contributed by atoms with Gasteiger partial charge < -0.3 is 14.6 Å². The molecule has 0 aliphatic rings. The Balaban J connectivity index is 2.37. The van der Waals surface area contributed by atoms with Crippen LogP contribution in [0.5, 0.6) is 11.6 Å². The predicted molar refractivity (Wildman–Crippen MR) is 67.6 cm³/mol. The molecular weight excluding hydrogens is 250 g/mol. The third kappa shape index (κ3) is 2.52. The minimum Gasteiger partial charge on any atom is -0.494 e. The molecule has 1 aromatic carbocycles. The van der Waals surface area contributed by atoms with E-state index in [4.69, 9.17) is 4.74 Å². The second kappa shape index (κ2) is 5.01. The van der Waals surface area contributed by atoms with E-state index < -0.39 is 6.16 Å². The first kappa shape index (κ1) is 12.9. The third-order valence-corrected chi connectivity index (χ3v) is 2.53. The van der Waals surface area contributed by atoms with Crippen molar-refractivity contribution in [3.8, 4) is 11.6 Å². The van der Waals surface area contributed by atoms with E-state index in [0.29, 0.717) is 10.9 Å². The molecule has 2 rings (SSSR count). The second-order valence-corrected chi connectivity index (χ2v) is 3.86. The largest absolute Gasteiger partial charge is 0.513 e. The Morgan fingerprint density at radius 2 is 2.05 bits per heavy atom. The zero-order valence-electron chi connectivity index (χ0n) is 10.5. The molecule has 1 aromatic heterocycles. The van der Waals surface area contributed by atoms with Crippen molar-refractivity contribution in [2.24, 2.45) is 0 Å². The fourth-order valence-electron chi connectivity index (χ4n) is 1.82. The Kier molecular flexibility index (Phi) is 3.41. The van der Waals surface area contributed by atoms with Gasteiger partial charge in [0.15, 0.2) is 5.88 Å². The van der Waals surface area contributed by atoms with Gasteiger partial charge in [0.1, 0.15) is 5.75 Å². The van der Waals surface area contributed by atoms with Crippen LogP contribution in [0, 0.1) is 0 Å². The van der Waals surface area contributed by atoms with Gasteiger partial charge in [-0.15, -0.1) is 0 Å². The van der Waals surface area contributed by atoms with Crippen molar-refractivity contribution >= 4 is 23.0 Å². The van der Waals surface area contributed by atoms with Gasteiger partial charge in [0.25, 0.3) is 0 Å². The Bertz CT molecular complexity index is 644. The fourth-order valence-corrected chi connectivity index (χ4v) is 1.82. The van der Waals surface area contributed by atoms with Crippen molar-refractivity contribution < 1.29 is 24.2 Å². The number of fused-ring (bicyclic) bond motifs is 1. The van der Waals surface area contributed by atoms with Gasteiger partial charge in [-0.3, -0.25) is 9.36 Å². The van der Waals surface area contributed by atoms with Crippen molar-refractivity contribution in [1.82, 2.24) is 4.57 Å². The first-order chi connectivity index (χ1) is 9.02. The topological polar surface area (TPSA) is 77.8 Å². The molecule has 6 heteroatoms. The zero-order valence-corrected chi connectivity index (χ0v) is 10.5. The van der Waals surface area contributed by atoms with Crippen LogP contribution in [0.4, 0.5) is 4.79 Å². The molecule has 0 saturated heterocycles. The lowest BCUT2D eigenvalue weighted by Crippen LogP contribution is -2.10. The summed E-state index contributed by atoms with van der Waals surface area (Å²) in [5.74, 6) is -0.172. The Labute approximate surface area is 109 Å². The summed E-state index contributed by atoms with van der Waals surface area (Å²) in [6.07, 6.45) is -0.794. The van der Waals surface area contributed by atoms with Gasteiger partial charge in [0, 0.05) is 18.4 Å². The number of aromatic nitrogens is 1. The maximum absolute atomic E-state index is 11.4. The molecule has 19 heavy (non-hydrogen) atoms. The van der Waals surface area contributed by atoms with Crippen LogP contribution in [-0.4, -0.2) is 28.3 Å². The first-order valence-electron chi connectivity index (χ1n) is 5.73. The summed E-state index contributed by atoms with van der Waals surface area (Å²) >= 11 is 0. The molecule has 0 fully saturated rings. The van der Waals surface area contributed by atoms with Crippen molar-refractivity contribution in [1.29, 1.82) is 0 Å². The highest BCUT2D eigenvalue weighted by Crippen LogP contribution is 2.28. The number of carbonyl (C=O) groups excluding carboxylic acids is 2. The number of aromatic hydroxyl groups is 1. The van der Waals surface area contributed by atoms with Crippen LogP contribution in [0.3, 0.4) is 0 Å². The van der Waals surface area contributed by atoms with Crippen molar-refractivity contribution in [2.45, 2.75) is 13.8 Å². The number of ether oxygens (including phenoxy) is 2. The van der Waals surface area contributed by atoms with E-state index >= 15 is 0 Å². The molecule has 0 bridgehead atoms. The van der Waals surface area contributed by atoms with E-state index in [1.54, 1.807) is 19.1 Å². The van der Waals surface area contributed by atoms with Crippen LogP contribution >= 0.6 is 0 Å². The highest BCUT2D eigenvalue weighted by molar-refractivity contribution is 5.94. The molecule has 0 saturated carbocycles. The van der Waals surface area contributed by atoms with Gasteiger partial charge in [0.05, 0.1) is 12.1 Å². The van der Waals surface area contributed by atoms with Crippen molar-refractivity contribution in [3.05, 3.63) is 24.3 Å². The summed E-state index contributed by atoms with van der Waals surface area (Å²) in [5, 5.41) is 10.3. The average Bonchev–Trinajstić information content (AvgIpc) is 2.64. The van der Waals surface area contributed by atoms with Crippen LogP contribution in [0.1, 0.15) is 18.6 Å². The van der Waals surface area contributed by atoms with Gasteiger partial charge in [0.2, 0.25) is 5.91 Å². The number of rotatable bonds is 2. The molecule has 0 unspecified atom stereocenters. The molecular formula is C13H13NO5. The summed E-state index contributed by atoms with van der Waals surface area (Å²) in [6.45, 7) is 3.25. The minimum atomic E-state index is -0.794. The number of hydrogen-bond acceptors (Lipinski definition) is 5. The van der Waals surface area contributed by atoms with E-state index in [1.807, 2.05) is 0 Å². The highest BCUT2D eigenvalue weighted by atomic mass is 16.7. The summed E-state index contributed by atoms with van der Waals surface area (Å²) in [5.41, 5.74) is 0.543. The number of carbonyl (C=O) groups is 2. The molecule has 6 nitrogen and oxygen atoms in total. The monoisotopic (exact) mass is 263 g/mol. The average molecular weight is 263 g/mol. The molecule has 0 radical (unpaired) electrons. The van der Waals surface area contributed by atoms with Crippen LogP contribution in [0.25, 0.3) is 10.9 Å². The fraction of sp³-hybridized carbons (Fsp3) is 0.231. The number of hydrogen-bond donors (Lipinski definition) is 1. The third-order valence-electron chi connectivity index (χ3n) is 2.53. The lowest BCUT2D eigenvalue weighted by atomic mass is 10.2. The van der Waals surface area contributed by atoms with Crippen LogP contribution in [0.2, 0.25) is 0 Å². The molecule has 1 heterocycles. The zero-order chi connectivity index (χ0) is 14.0. The van der Waals surface area contributed by atoms with Gasteiger partial charge in [-0.05, 0) is 25.1 Å². The molecule has 1 N–H and O–H groups in total. The van der Waals surface area contributed by atoms with Gasteiger partial charge in [-0.25, -0.2) is 4.79 Å². The molecule has 2 aromatic rings. The highest BCUT2D eigenvalue weighted by Gasteiger charge is 2.13. The van der Waals surface area contributed by atoms with E-state index in [9.17, 15) is 14.7 Å². The predicted octanol–water partition coefficient (Wildman–Crippen LogP) is 2.54. The van der Waals surface area contributed by atoms with E-state index in [1.165, 1.54) is 23.6 Å². The first-order valence-corrected chi connectivity index (χ1v) is 5.73. The molecule has 100 valence electrons. The Morgan fingerprint density at radius 3 is 2.68 bits per heavy atom. The molecule has 0 aliphatic heterocycles. The number of benzene rings is 1. The Hall–Kier alpha value is -2.50. The van der Waals surface area contributed by atoms with Crippen molar-refractivity contribution in [3.63, 3.8) is 0 Å². The summed E-state index contributed by atoms with van der Waals surface area (Å²) < 4.78 is 10.8. The van der Waals surface area contributed by atoms with Gasteiger partial charge >= 0.3 is 6.16 Å². The van der Waals surface area contributed by atoms with Gasteiger partial charge in [-0.1, -0.05) is 0 Å². The van der Waals surface area contributed by atoms with Crippen LogP contribution < -0.4 is 4.74 Å². The lowest BCUT2D eigenvalue weighted by molar-refractivity contribution is 0.0932. The standard InChI is InChI=1S/C13H13NO5/c1-3-18-13(17)19-10-4-5-11-9(6-10)7-12(16)14(11)8(2)15/h4-7,16H,3H2,1-2H3. The van der Waals surface area contributed by atoms with Gasteiger partial charge in [-0.2, -0.15) is 0 Å². The normalized spacial score (nSPS) is 10.4. The van der Waals surface area contributed by atoms with E-state index in [2.05, 4.69) is 4.74 Å². The van der Waals surface area contributed by atoms with Crippen molar-refractivity contribution in [2.75, 3.05) is 6.61 Å². The molecule has 0 aliphatic carbocycles. The smallest absolute Gasteiger partial charge is 0.494 e. The van der Waals surface area contributed by atoms with E-state index in [-0.39, 0.29) is 24.1 Å². The van der Waals surface area contributed by atoms with Crippen LogP contribution in [-0.2, 0) is 4.74 Å². The Morgan fingerprint density at radius 1 is 1.32 bits per heavy atom. The molecule has 0 spiro atoms. The minimum absolute atomic E-state index is 0.157. The maximum atomic E-state index is 11.4. The SMILES string of the molecule is CCOC(=O)Oc1ccc2c(c1)cc(O)n2C(C)=O. The summed E-state index contributed by atoms with van der Waals surface area (Å²) in [4.78, 5) is 22.6. The quantitative estimate of drug-likeness (QED) is 0.665.